The van der Waals surface area contributed by atoms with E-state index >= 15 is 0 Å². The number of aromatic nitrogens is 2. The molecule has 3 N–H and O–H groups in total. The van der Waals surface area contributed by atoms with E-state index < -0.39 is 16.1 Å². The highest BCUT2D eigenvalue weighted by molar-refractivity contribution is 7.90. The Labute approximate surface area is 192 Å². The van der Waals surface area contributed by atoms with Gasteiger partial charge in [0.1, 0.15) is 6.29 Å². The molecule has 1 aromatic heterocycles. The van der Waals surface area contributed by atoms with Crippen LogP contribution in [0, 0.1) is 0 Å². The van der Waals surface area contributed by atoms with Crippen molar-refractivity contribution in [3.05, 3.63) is 70.8 Å². The standard InChI is InChI=1S/C15H22N2O4S.C8H6N2O/c1-3-5-10-16-15(19)17-22(20,21)14-8-6-13(7-9-14)12(4-2)11-18;11-8-6-3-1-2-4-7(6)9-5-10-8/h6-9,11-12H,3-5,10H2,1-2H3,(H2,16,17,19);1-5H,(H,9,10,11). The third kappa shape index (κ3) is 7.53. The average molecular weight is 473 g/mol. The first-order valence-electron chi connectivity index (χ1n) is 10.6. The molecule has 0 saturated heterocycles. The van der Waals surface area contributed by atoms with Crippen molar-refractivity contribution in [2.24, 2.45) is 0 Å². The zero-order valence-corrected chi connectivity index (χ0v) is 19.4. The van der Waals surface area contributed by atoms with Crippen molar-refractivity contribution in [1.82, 2.24) is 20.0 Å². The molecule has 0 aliphatic heterocycles. The Morgan fingerprint density at radius 3 is 2.42 bits per heavy atom. The Bertz CT molecular complexity index is 1220. The van der Waals surface area contributed by atoms with E-state index in [0.29, 0.717) is 18.4 Å². The lowest BCUT2D eigenvalue weighted by Gasteiger charge is -2.10. The van der Waals surface area contributed by atoms with Crippen LogP contribution in [0.15, 0.2) is 64.5 Å². The zero-order chi connectivity index (χ0) is 24.3. The molecule has 3 aromatic rings. The first-order chi connectivity index (χ1) is 15.8. The smallest absolute Gasteiger partial charge is 0.328 e. The molecule has 10 heteroatoms. The lowest BCUT2D eigenvalue weighted by Crippen LogP contribution is -2.39. The Hall–Kier alpha value is -3.53. The van der Waals surface area contributed by atoms with Crippen molar-refractivity contribution in [3.8, 4) is 0 Å². The third-order valence-electron chi connectivity index (χ3n) is 4.81. The second-order valence-electron chi connectivity index (χ2n) is 7.18. The van der Waals surface area contributed by atoms with Gasteiger partial charge in [-0.1, -0.05) is 44.5 Å². The highest BCUT2D eigenvalue weighted by atomic mass is 32.2. The first kappa shape index (κ1) is 25.7. The van der Waals surface area contributed by atoms with Crippen molar-refractivity contribution in [3.63, 3.8) is 0 Å². The maximum atomic E-state index is 12.1. The van der Waals surface area contributed by atoms with Gasteiger partial charge in [0.25, 0.3) is 15.6 Å². The van der Waals surface area contributed by atoms with E-state index in [-0.39, 0.29) is 16.4 Å². The molecule has 176 valence electrons. The topological polar surface area (TPSA) is 138 Å². The lowest BCUT2D eigenvalue weighted by atomic mass is 9.98. The molecule has 0 spiro atoms. The van der Waals surface area contributed by atoms with E-state index in [2.05, 4.69) is 15.3 Å². The lowest BCUT2D eigenvalue weighted by molar-refractivity contribution is -0.109. The van der Waals surface area contributed by atoms with Gasteiger partial charge in [-0.05, 0) is 42.7 Å². The summed E-state index contributed by atoms with van der Waals surface area (Å²) in [7, 11) is -3.90. The summed E-state index contributed by atoms with van der Waals surface area (Å²) >= 11 is 0. The Morgan fingerprint density at radius 2 is 1.82 bits per heavy atom. The largest absolute Gasteiger partial charge is 0.337 e. The van der Waals surface area contributed by atoms with Crippen molar-refractivity contribution in [1.29, 1.82) is 0 Å². The molecule has 0 bridgehead atoms. The minimum Gasteiger partial charge on any atom is -0.337 e. The molecule has 1 heterocycles. The number of hydrogen-bond acceptors (Lipinski definition) is 6. The molecule has 2 amide bonds. The number of fused-ring (bicyclic) bond motifs is 1. The van der Waals surface area contributed by atoms with E-state index in [9.17, 15) is 22.8 Å². The molecule has 9 nitrogen and oxygen atoms in total. The van der Waals surface area contributed by atoms with Gasteiger partial charge in [-0.3, -0.25) is 4.79 Å². The molecule has 0 aliphatic carbocycles. The number of amides is 2. The zero-order valence-electron chi connectivity index (χ0n) is 18.6. The van der Waals surface area contributed by atoms with Gasteiger partial charge in [0.05, 0.1) is 22.1 Å². The fraction of sp³-hybridized carbons (Fsp3) is 0.304. The van der Waals surface area contributed by atoms with Crippen LogP contribution in [0.3, 0.4) is 0 Å². The minimum absolute atomic E-state index is 0.0114. The van der Waals surface area contributed by atoms with Crippen LogP contribution >= 0.6 is 0 Å². The molecule has 3 rings (SSSR count). The van der Waals surface area contributed by atoms with Gasteiger partial charge in [-0.25, -0.2) is 22.9 Å². The van der Waals surface area contributed by atoms with Gasteiger partial charge in [0, 0.05) is 12.5 Å². The summed E-state index contributed by atoms with van der Waals surface area (Å²) in [5.41, 5.74) is 1.40. The normalized spacial score (nSPS) is 11.7. The molecule has 0 aliphatic rings. The first-order valence-corrected chi connectivity index (χ1v) is 12.1. The van der Waals surface area contributed by atoms with Crippen molar-refractivity contribution in [2.75, 3.05) is 6.54 Å². The molecule has 1 atom stereocenters. The maximum absolute atomic E-state index is 12.1. The molecule has 0 fully saturated rings. The number of nitrogens with one attached hydrogen (secondary N) is 3. The number of H-pyrrole nitrogens is 1. The second kappa shape index (κ2) is 12.5. The SMILES string of the molecule is CCCCNC(=O)NS(=O)(=O)c1ccc(C(C=O)CC)cc1.O=c1[nH]cnc2ccccc12. The summed E-state index contributed by atoms with van der Waals surface area (Å²) in [5.74, 6) is -0.248. The van der Waals surface area contributed by atoms with E-state index in [0.717, 1.165) is 30.2 Å². The van der Waals surface area contributed by atoms with Crippen LogP contribution in [0.5, 0.6) is 0 Å². The van der Waals surface area contributed by atoms with Crippen LogP contribution < -0.4 is 15.6 Å². The van der Waals surface area contributed by atoms with Gasteiger partial charge in [-0.15, -0.1) is 0 Å². The van der Waals surface area contributed by atoms with Gasteiger partial charge in [-0.2, -0.15) is 0 Å². The molecule has 33 heavy (non-hydrogen) atoms. The highest BCUT2D eigenvalue weighted by Crippen LogP contribution is 2.19. The van der Waals surface area contributed by atoms with Crippen LogP contribution in [-0.4, -0.2) is 37.2 Å². The van der Waals surface area contributed by atoms with E-state index in [1.165, 1.54) is 18.5 Å². The maximum Gasteiger partial charge on any atom is 0.328 e. The van der Waals surface area contributed by atoms with Gasteiger partial charge in [0.15, 0.2) is 0 Å². The molecular weight excluding hydrogens is 444 g/mol. The predicted molar refractivity (Wildman–Crippen MR) is 127 cm³/mol. The van der Waals surface area contributed by atoms with Gasteiger partial charge in [0.2, 0.25) is 0 Å². The Balaban J connectivity index is 0.000000288. The fourth-order valence-electron chi connectivity index (χ4n) is 2.92. The molecule has 2 aromatic carbocycles. The number of nitrogens with zero attached hydrogens (tertiary/aromatic N) is 1. The predicted octanol–water partition coefficient (Wildman–Crippen LogP) is 3.09. The number of carbonyl (C=O) groups excluding carboxylic acids is 2. The minimum atomic E-state index is -3.90. The average Bonchev–Trinajstić information content (AvgIpc) is 2.81. The summed E-state index contributed by atoms with van der Waals surface area (Å²) in [6, 6.07) is 12.5. The number of hydrogen-bond donors (Lipinski definition) is 3. The molecule has 1 unspecified atom stereocenters. The fourth-order valence-corrected chi connectivity index (χ4v) is 3.85. The third-order valence-corrected chi connectivity index (χ3v) is 6.16. The van der Waals surface area contributed by atoms with E-state index in [1.54, 1.807) is 18.2 Å². The summed E-state index contributed by atoms with van der Waals surface area (Å²) in [5, 5.41) is 3.12. The van der Waals surface area contributed by atoms with Crippen LogP contribution in [0.4, 0.5) is 4.79 Å². The Kier molecular flexibility index (Phi) is 9.74. The Morgan fingerprint density at radius 1 is 1.12 bits per heavy atom. The number of aldehydes is 1. The van der Waals surface area contributed by atoms with Gasteiger partial charge >= 0.3 is 6.03 Å². The number of carbonyl (C=O) groups is 2. The number of rotatable bonds is 8. The number of aromatic amines is 1. The highest BCUT2D eigenvalue weighted by Gasteiger charge is 2.18. The summed E-state index contributed by atoms with van der Waals surface area (Å²) < 4.78 is 26.1. The molecular formula is C23H28N4O5S. The summed E-state index contributed by atoms with van der Waals surface area (Å²) in [6.45, 7) is 4.28. The van der Waals surface area contributed by atoms with E-state index in [4.69, 9.17) is 0 Å². The van der Waals surface area contributed by atoms with Crippen LogP contribution in [0.25, 0.3) is 10.9 Å². The molecule has 0 radical (unpaired) electrons. The number of urea groups is 1. The summed E-state index contributed by atoms with van der Waals surface area (Å²) in [6.07, 6.45) is 4.58. The number of unbranched alkanes of at least 4 members (excludes halogenated alkanes) is 1. The summed E-state index contributed by atoms with van der Waals surface area (Å²) in [4.78, 5) is 40.0. The van der Waals surface area contributed by atoms with Crippen molar-refractivity contribution < 1.29 is 18.0 Å². The van der Waals surface area contributed by atoms with Crippen LogP contribution in [-0.2, 0) is 14.8 Å². The van der Waals surface area contributed by atoms with Crippen LogP contribution in [0.1, 0.15) is 44.6 Å². The van der Waals surface area contributed by atoms with Crippen molar-refractivity contribution >= 4 is 33.2 Å². The molecule has 0 saturated carbocycles. The van der Waals surface area contributed by atoms with Gasteiger partial charge < -0.3 is 15.1 Å². The number of benzene rings is 2. The second-order valence-corrected chi connectivity index (χ2v) is 8.87. The quantitative estimate of drug-likeness (QED) is 0.340. The van der Waals surface area contributed by atoms with Crippen molar-refractivity contribution in [2.45, 2.75) is 43.9 Å². The van der Waals surface area contributed by atoms with E-state index in [1.807, 2.05) is 36.8 Å². The number of para-hydroxylation sites is 1. The monoisotopic (exact) mass is 472 g/mol. The van der Waals surface area contributed by atoms with Crippen LogP contribution in [0.2, 0.25) is 0 Å². The number of sulfonamides is 1.